The number of aromatic hydroxyl groups is 1. The Bertz CT molecular complexity index is 917. The second kappa shape index (κ2) is 11.7. The first kappa shape index (κ1) is 23.0. The number of rotatable bonds is 7. The highest BCUT2D eigenvalue weighted by Gasteiger charge is 2.27. The van der Waals surface area contributed by atoms with Crippen LogP contribution in [0.25, 0.3) is 0 Å². The Balaban J connectivity index is 1.61. The number of phenols is 1. The average Bonchev–Trinajstić information content (AvgIpc) is 2.80. The molecule has 0 saturated carbocycles. The summed E-state index contributed by atoms with van der Waals surface area (Å²) in [7, 11) is 0. The Morgan fingerprint density at radius 1 is 1.00 bits per heavy atom. The van der Waals surface area contributed by atoms with Crippen LogP contribution in [0, 0.1) is 0 Å². The van der Waals surface area contributed by atoms with E-state index < -0.39 is 24.2 Å². The van der Waals surface area contributed by atoms with E-state index in [1.54, 1.807) is 35.3 Å². The number of para-hydroxylation sites is 1. The topological polar surface area (TPSA) is 126 Å². The summed E-state index contributed by atoms with van der Waals surface area (Å²) in [6.45, 7) is 1.80. The molecule has 2 amide bonds. The molecular formula is C22H25N3O7. The molecule has 0 bridgehead atoms. The highest BCUT2D eigenvalue weighted by molar-refractivity contribution is 5.89. The van der Waals surface area contributed by atoms with Crippen molar-refractivity contribution in [3.63, 3.8) is 0 Å². The standard InChI is InChI=1S/C22H25N3O7/c26-19-9-5-4-8-17(19)14-18(23-21(28)31-15-16-6-2-1-3-7-16)20(27)32-22(29)24-25-10-12-30-13-11-25/h1-9,18,26H,10-15H2,(H,23,28)(H,24,29). The highest BCUT2D eigenvalue weighted by atomic mass is 16.6. The van der Waals surface area contributed by atoms with Crippen molar-refractivity contribution in [3.8, 4) is 5.75 Å². The molecule has 1 aliphatic rings. The predicted molar refractivity (Wildman–Crippen MR) is 112 cm³/mol. The summed E-state index contributed by atoms with van der Waals surface area (Å²) < 4.78 is 15.2. The number of carbonyl (C=O) groups is 3. The van der Waals surface area contributed by atoms with Crippen LogP contribution in [0.2, 0.25) is 0 Å². The molecule has 1 fully saturated rings. The smallest absolute Gasteiger partial charge is 0.429 e. The summed E-state index contributed by atoms with van der Waals surface area (Å²) in [5, 5.41) is 14.0. The van der Waals surface area contributed by atoms with Gasteiger partial charge < -0.3 is 24.6 Å². The maximum Gasteiger partial charge on any atom is 0.429 e. The second-order valence-electron chi connectivity index (χ2n) is 7.01. The summed E-state index contributed by atoms with van der Waals surface area (Å²) in [6, 6.07) is 14.1. The van der Waals surface area contributed by atoms with Crippen LogP contribution in [0.3, 0.4) is 0 Å². The monoisotopic (exact) mass is 443 g/mol. The van der Waals surface area contributed by atoms with E-state index >= 15 is 0 Å². The lowest BCUT2D eigenvalue weighted by atomic mass is 10.1. The minimum absolute atomic E-state index is 0.00252. The van der Waals surface area contributed by atoms with Crippen LogP contribution in [-0.4, -0.2) is 60.6 Å². The van der Waals surface area contributed by atoms with Gasteiger partial charge in [-0.25, -0.2) is 19.4 Å². The molecule has 32 heavy (non-hydrogen) atoms. The zero-order valence-electron chi connectivity index (χ0n) is 17.4. The Morgan fingerprint density at radius 3 is 2.41 bits per heavy atom. The minimum atomic E-state index is -1.26. The SMILES string of the molecule is O=C(NC(Cc1ccccc1O)C(=O)OC(=O)NN1CCOCC1)OCc1ccccc1. The van der Waals surface area contributed by atoms with Gasteiger partial charge in [0, 0.05) is 19.5 Å². The summed E-state index contributed by atoms with van der Waals surface area (Å²) in [5.74, 6) is -1.04. The Hall–Kier alpha value is -3.63. The molecule has 10 heteroatoms. The first-order valence-electron chi connectivity index (χ1n) is 10.1. The molecule has 0 spiro atoms. The number of hydrogen-bond donors (Lipinski definition) is 3. The molecule has 3 N–H and O–H groups in total. The van der Waals surface area contributed by atoms with Gasteiger partial charge in [0.15, 0.2) is 0 Å². The fourth-order valence-electron chi connectivity index (χ4n) is 2.99. The number of carbonyl (C=O) groups excluding carboxylic acids is 3. The molecule has 170 valence electrons. The van der Waals surface area contributed by atoms with Gasteiger partial charge in [0.2, 0.25) is 0 Å². The molecule has 1 unspecified atom stereocenters. The number of ether oxygens (including phenoxy) is 3. The van der Waals surface area contributed by atoms with E-state index in [1.165, 1.54) is 6.07 Å². The van der Waals surface area contributed by atoms with Crippen molar-refractivity contribution < 1.29 is 33.7 Å². The van der Waals surface area contributed by atoms with Gasteiger partial charge >= 0.3 is 18.2 Å². The number of amides is 2. The van der Waals surface area contributed by atoms with Crippen molar-refractivity contribution >= 4 is 18.2 Å². The maximum absolute atomic E-state index is 12.6. The third-order valence-electron chi connectivity index (χ3n) is 4.66. The van der Waals surface area contributed by atoms with E-state index in [0.717, 1.165) is 5.56 Å². The number of esters is 1. The average molecular weight is 443 g/mol. The molecule has 0 aromatic heterocycles. The van der Waals surface area contributed by atoms with Gasteiger partial charge in [-0.3, -0.25) is 5.43 Å². The lowest BCUT2D eigenvalue weighted by Gasteiger charge is -2.26. The van der Waals surface area contributed by atoms with Crippen LogP contribution in [0.4, 0.5) is 9.59 Å². The Morgan fingerprint density at radius 2 is 1.69 bits per heavy atom. The molecule has 2 aromatic rings. The van der Waals surface area contributed by atoms with Gasteiger partial charge in [0.05, 0.1) is 13.2 Å². The number of nitrogens with one attached hydrogen (secondary N) is 2. The summed E-state index contributed by atoms with van der Waals surface area (Å²) in [6.07, 6.45) is -1.94. The molecule has 1 aliphatic heterocycles. The van der Waals surface area contributed by atoms with Gasteiger partial charge in [-0.15, -0.1) is 0 Å². The molecule has 1 atom stereocenters. The zero-order chi connectivity index (χ0) is 22.8. The van der Waals surface area contributed by atoms with Crippen molar-refractivity contribution in [1.29, 1.82) is 0 Å². The van der Waals surface area contributed by atoms with E-state index in [9.17, 15) is 19.5 Å². The predicted octanol–water partition coefficient (Wildman–Crippen LogP) is 1.73. The van der Waals surface area contributed by atoms with Crippen LogP contribution in [0.1, 0.15) is 11.1 Å². The molecule has 10 nitrogen and oxygen atoms in total. The third kappa shape index (κ3) is 7.25. The fraction of sp³-hybridized carbons (Fsp3) is 0.318. The van der Waals surface area contributed by atoms with Gasteiger partial charge in [0.25, 0.3) is 0 Å². The maximum atomic E-state index is 12.6. The highest BCUT2D eigenvalue weighted by Crippen LogP contribution is 2.18. The summed E-state index contributed by atoms with van der Waals surface area (Å²) in [4.78, 5) is 37.0. The van der Waals surface area contributed by atoms with Crippen LogP contribution in [0.5, 0.6) is 5.75 Å². The van der Waals surface area contributed by atoms with E-state index in [2.05, 4.69) is 10.7 Å². The van der Waals surface area contributed by atoms with E-state index in [0.29, 0.717) is 31.9 Å². The number of nitrogens with zero attached hydrogens (tertiary/aromatic N) is 1. The number of morpholine rings is 1. The van der Waals surface area contributed by atoms with E-state index in [4.69, 9.17) is 14.2 Å². The molecule has 1 heterocycles. The normalized spacial score (nSPS) is 14.8. The number of hydrogen-bond acceptors (Lipinski definition) is 8. The lowest BCUT2D eigenvalue weighted by Crippen LogP contribution is -2.50. The van der Waals surface area contributed by atoms with Gasteiger partial charge in [-0.1, -0.05) is 48.5 Å². The minimum Gasteiger partial charge on any atom is -0.508 e. The largest absolute Gasteiger partial charge is 0.508 e. The van der Waals surface area contributed by atoms with Gasteiger partial charge in [-0.05, 0) is 17.2 Å². The quantitative estimate of drug-likeness (QED) is 0.436. The third-order valence-corrected chi connectivity index (χ3v) is 4.66. The summed E-state index contributed by atoms with van der Waals surface area (Å²) in [5.41, 5.74) is 3.62. The van der Waals surface area contributed by atoms with Crippen LogP contribution < -0.4 is 10.7 Å². The first-order valence-corrected chi connectivity index (χ1v) is 10.1. The van der Waals surface area contributed by atoms with Crippen molar-refractivity contribution in [3.05, 3.63) is 65.7 Å². The van der Waals surface area contributed by atoms with Crippen LogP contribution in [-0.2, 0) is 32.0 Å². The van der Waals surface area contributed by atoms with Gasteiger partial charge in [0.1, 0.15) is 18.4 Å². The number of alkyl carbamates (subject to hydrolysis) is 1. The Kier molecular flexibility index (Phi) is 8.41. The number of hydrazine groups is 1. The number of benzene rings is 2. The van der Waals surface area contributed by atoms with Crippen molar-refractivity contribution in [2.75, 3.05) is 26.3 Å². The zero-order valence-corrected chi connectivity index (χ0v) is 17.4. The van der Waals surface area contributed by atoms with Crippen LogP contribution >= 0.6 is 0 Å². The van der Waals surface area contributed by atoms with Crippen molar-refractivity contribution in [2.24, 2.45) is 0 Å². The molecule has 0 aliphatic carbocycles. The van der Waals surface area contributed by atoms with E-state index in [1.807, 2.05) is 18.2 Å². The molecule has 0 radical (unpaired) electrons. The first-order chi connectivity index (χ1) is 15.5. The van der Waals surface area contributed by atoms with Crippen molar-refractivity contribution in [1.82, 2.24) is 15.8 Å². The fourth-order valence-corrected chi connectivity index (χ4v) is 2.99. The Labute approximate surface area is 185 Å². The summed E-state index contributed by atoms with van der Waals surface area (Å²) >= 11 is 0. The molecular weight excluding hydrogens is 418 g/mol. The van der Waals surface area contributed by atoms with E-state index in [-0.39, 0.29) is 18.8 Å². The molecule has 1 saturated heterocycles. The molecule has 2 aromatic carbocycles. The van der Waals surface area contributed by atoms with Gasteiger partial charge in [-0.2, -0.15) is 0 Å². The second-order valence-corrected chi connectivity index (χ2v) is 7.01. The van der Waals surface area contributed by atoms with Crippen molar-refractivity contribution in [2.45, 2.75) is 19.1 Å². The lowest BCUT2D eigenvalue weighted by molar-refractivity contribution is -0.140. The number of phenolic OH excluding ortho intramolecular Hbond substituents is 1. The van der Waals surface area contributed by atoms with Crippen LogP contribution in [0.15, 0.2) is 54.6 Å². The molecule has 3 rings (SSSR count).